The highest BCUT2D eigenvalue weighted by molar-refractivity contribution is 9.11. The maximum Gasteiger partial charge on any atom is 0.118 e. The maximum atomic E-state index is 5.18. The molecule has 0 unspecified atom stereocenters. The summed E-state index contributed by atoms with van der Waals surface area (Å²) < 4.78 is 6.35. The highest BCUT2D eigenvalue weighted by Crippen LogP contribution is 2.39. The highest BCUT2D eigenvalue weighted by Gasteiger charge is 2.07. The van der Waals surface area contributed by atoms with Crippen molar-refractivity contribution in [3.05, 3.63) is 52.3 Å². The lowest BCUT2D eigenvalue weighted by Gasteiger charge is -2.00. The van der Waals surface area contributed by atoms with E-state index in [0.29, 0.717) is 0 Å². The van der Waals surface area contributed by atoms with Crippen LogP contribution in [0.5, 0.6) is 5.75 Å². The standard InChI is InChI=1S/C15H11BrOS2/c1-17-11-4-2-10(3-5-11)12-6-7-13(18-12)14-8-9-15(16)19-14/h2-9H,1H3. The smallest absolute Gasteiger partial charge is 0.118 e. The third kappa shape index (κ3) is 2.76. The van der Waals surface area contributed by atoms with Crippen LogP contribution in [0.25, 0.3) is 20.2 Å². The molecule has 0 saturated heterocycles. The van der Waals surface area contributed by atoms with Gasteiger partial charge >= 0.3 is 0 Å². The van der Waals surface area contributed by atoms with Crippen LogP contribution in [0.3, 0.4) is 0 Å². The fourth-order valence-corrected chi connectivity index (χ4v) is 4.32. The van der Waals surface area contributed by atoms with Gasteiger partial charge in [-0.25, -0.2) is 0 Å². The van der Waals surface area contributed by atoms with Crippen LogP contribution >= 0.6 is 38.6 Å². The van der Waals surface area contributed by atoms with Gasteiger partial charge in [-0.3, -0.25) is 0 Å². The van der Waals surface area contributed by atoms with Gasteiger partial charge in [0.2, 0.25) is 0 Å². The molecule has 3 aromatic rings. The van der Waals surface area contributed by atoms with Gasteiger partial charge in [-0.05, 0) is 70.0 Å². The molecule has 96 valence electrons. The van der Waals surface area contributed by atoms with Crippen LogP contribution in [-0.4, -0.2) is 7.11 Å². The molecule has 19 heavy (non-hydrogen) atoms. The number of methoxy groups -OCH3 is 1. The van der Waals surface area contributed by atoms with E-state index in [9.17, 15) is 0 Å². The fraction of sp³-hybridized carbons (Fsp3) is 0.0667. The molecule has 0 N–H and O–H groups in total. The second-order valence-corrected chi connectivity index (χ2v) is 7.54. The van der Waals surface area contributed by atoms with Gasteiger partial charge in [0.25, 0.3) is 0 Å². The van der Waals surface area contributed by atoms with Crippen molar-refractivity contribution in [3.63, 3.8) is 0 Å². The molecule has 0 aliphatic rings. The first-order chi connectivity index (χ1) is 9.26. The Labute approximate surface area is 128 Å². The Hall–Kier alpha value is -1.10. The number of rotatable bonds is 3. The average Bonchev–Trinajstić information content (AvgIpc) is 3.07. The van der Waals surface area contributed by atoms with Crippen LogP contribution in [0.2, 0.25) is 0 Å². The molecule has 1 aromatic carbocycles. The van der Waals surface area contributed by atoms with Crippen LogP contribution in [0.4, 0.5) is 0 Å². The summed E-state index contributed by atoms with van der Waals surface area (Å²) in [6, 6.07) is 16.8. The summed E-state index contributed by atoms with van der Waals surface area (Å²) >= 11 is 7.08. The summed E-state index contributed by atoms with van der Waals surface area (Å²) in [6.45, 7) is 0. The SMILES string of the molecule is COc1ccc(-c2ccc(-c3ccc(Br)s3)s2)cc1. The molecule has 1 nitrogen and oxygen atoms in total. The lowest BCUT2D eigenvalue weighted by atomic mass is 10.2. The van der Waals surface area contributed by atoms with Gasteiger partial charge in [0.1, 0.15) is 5.75 Å². The van der Waals surface area contributed by atoms with Gasteiger partial charge in [-0.2, -0.15) is 0 Å². The van der Waals surface area contributed by atoms with Crippen molar-refractivity contribution >= 4 is 38.6 Å². The molecule has 0 fully saturated rings. The quantitative estimate of drug-likeness (QED) is 0.570. The van der Waals surface area contributed by atoms with Crippen LogP contribution in [0.1, 0.15) is 0 Å². The topological polar surface area (TPSA) is 9.23 Å². The van der Waals surface area contributed by atoms with E-state index in [4.69, 9.17) is 4.74 Å². The Balaban J connectivity index is 1.91. The number of benzene rings is 1. The molecule has 2 heterocycles. The molecule has 0 bridgehead atoms. The number of hydrogen-bond acceptors (Lipinski definition) is 3. The molecule has 3 rings (SSSR count). The summed E-state index contributed by atoms with van der Waals surface area (Å²) in [5.41, 5.74) is 1.23. The maximum absolute atomic E-state index is 5.18. The zero-order valence-corrected chi connectivity index (χ0v) is 13.4. The summed E-state index contributed by atoms with van der Waals surface area (Å²) in [7, 11) is 1.69. The van der Waals surface area contributed by atoms with Crippen molar-refractivity contribution in [2.24, 2.45) is 0 Å². The average molecular weight is 351 g/mol. The Bertz CT molecular complexity index is 682. The highest BCUT2D eigenvalue weighted by atomic mass is 79.9. The van der Waals surface area contributed by atoms with Crippen molar-refractivity contribution in [2.45, 2.75) is 0 Å². The van der Waals surface area contributed by atoms with Crippen LogP contribution in [0.15, 0.2) is 52.3 Å². The summed E-state index contributed by atoms with van der Waals surface area (Å²) in [5.74, 6) is 0.891. The van der Waals surface area contributed by atoms with Crippen molar-refractivity contribution in [1.29, 1.82) is 0 Å². The Morgan fingerprint density at radius 1 is 0.789 bits per heavy atom. The summed E-state index contributed by atoms with van der Waals surface area (Å²) in [5, 5.41) is 0. The summed E-state index contributed by atoms with van der Waals surface area (Å²) in [6.07, 6.45) is 0. The number of halogens is 1. The number of ether oxygens (including phenoxy) is 1. The zero-order valence-electron chi connectivity index (χ0n) is 10.2. The largest absolute Gasteiger partial charge is 0.497 e. The van der Waals surface area contributed by atoms with Gasteiger partial charge in [0.05, 0.1) is 10.9 Å². The fourth-order valence-electron chi connectivity index (χ4n) is 1.83. The number of hydrogen-bond donors (Lipinski definition) is 0. The predicted octanol–water partition coefficient (Wildman–Crippen LogP) is 5.91. The molecule has 0 saturated carbocycles. The Kier molecular flexibility index (Phi) is 3.73. The van der Waals surface area contributed by atoms with E-state index >= 15 is 0 Å². The number of thiophene rings is 2. The Morgan fingerprint density at radius 2 is 1.42 bits per heavy atom. The van der Waals surface area contributed by atoms with Crippen molar-refractivity contribution in [3.8, 4) is 25.9 Å². The third-order valence-electron chi connectivity index (χ3n) is 2.80. The van der Waals surface area contributed by atoms with E-state index in [1.54, 1.807) is 18.4 Å². The van der Waals surface area contributed by atoms with E-state index in [-0.39, 0.29) is 0 Å². The molecule has 0 radical (unpaired) electrons. The normalized spacial score (nSPS) is 10.6. The first-order valence-electron chi connectivity index (χ1n) is 5.76. The Morgan fingerprint density at radius 3 is 2.05 bits per heavy atom. The molecule has 2 aromatic heterocycles. The minimum absolute atomic E-state index is 0.891. The molecule has 4 heteroatoms. The molecule has 0 aliphatic carbocycles. The lowest BCUT2D eigenvalue weighted by Crippen LogP contribution is -1.81. The van der Waals surface area contributed by atoms with E-state index in [0.717, 1.165) is 5.75 Å². The minimum atomic E-state index is 0.891. The van der Waals surface area contributed by atoms with Gasteiger partial charge in [0, 0.05) is 14.6 Å². The second-order valence-electron chi connectivity index (χ2n) is 4.00. The van der Waals surface area contributed by atoms with Crippen LogP contribution in [-0.2, 0) is 0 Å². The van der Waals surface area contributed by atoms with Gasteiger partial charge in [-0.1, -0.05) is 0 Å². The van der Waals surface area contributed by atoms with Crippen molar-refractivity contribution < 1.29 is 4.74 Å². The van der Waals surface area contributed by atoms with Crippen LogP contribution in [0, 0.1) is 0 Å². The van der Waals surface area contributed by atoms with Crippen LogP contribution < -0.4 is 4.74 Å². The molecule has 0 spiro atoms. The van der Waals surface area contributed by atoms with Crippen molar-refractivity contribution in [2.75, 3.05) is 7.11 Å². The van der Waals surface area contributed by atoms with Gasteiger partial charge < -0.3 is 4.74 Å². The first kappa shape index (κ1) is 12.9. The van der Waals surface area contributed by atoms with Gasteiger partial charge in [-0.15, -0.1) is 22.7 Å². The molecule has 0 amide bonds. The van der Waals surface area contributed by atoms with E-state index in [1.165, 1.54) is 24.0 Å². The molecule has 0 atom stereocenters. The summed E-state index contributed by atoms with van der Waals surface area (Å²) in [4.78, 5) is 3.89. The van der Waals surface area contributed by atoms with Gasteiger partial charge in [0.15, 0.2) is 0 Å². The zero-order chi connectivity index (χ0) is 13.2. The van der Waals surface area contributed by atoms with Crippen molar-refractivity contribution in [1.82, 2.24) is 0 Å². The monoisotopic (exact) mass is 350 g/mol. The minimum Gasteiger partial charge on any atom is -0.497 e. The third-order valence-corrected chi connectivity index (χ3v) is 5.75. The lowest BCUT2D eigenvalue weighted by molar-refractivity contribution is 0.415. The predicted molar refractivity (Wildman–Crippen MR) is 87.3 cm³/mol. The molecule has 0 aliphatic heterocycles. The molecular weight excluding hydrogens is 340 g/mol. The van der Waals surface area contributed by atoms with E-state index in [2.05, 4.69) is 52.3 Å². The molecular formula is C15H11BrOS2. The van der Waals surface area contributed by atoms with E-state index < -0.39 is 0 Å². The second kappa shape index (κ2) is 5.49. The first-order valence-corrected chi connectivity index (χ1v) is 8.19. The van der Waals surface area contributed by atoms with E-state index in [1.807, 2.05) is 23.5 Å².